The Morgan fingerprint density at radius 1 is 1.18 bits per heavy atom. The number of imidazole rings is 1. The molecule has 2 amide bonds. The Morgan fingerprint density at radius 3 is 2.75 bits per heavy atom. The molecular weight excluding hydrogens is 363 g/mol. The number of halogens is 1. The van der Waals surface area contributed by atoms with Crippen molar-refractivity contribution in [3.8, 4) is 0 Å². The molecule has 0 radical (unpaired) electrons. The fraction of sp³-hybridized carbons (Fsp3) is 0.250. The minimum atomic E-state index is -0.478. The second-order valence-corrected chi connectivity index (χ2v) is 6.55. The maximum absolute atomic E-state index is 13.1. The van der Waals surface area contributed by atoms with Crippen molar-refractivity contribution < 1.29 is 18.7 Å². The molecule has 144 valence electrons. The number of carbonyl (C=O) groups is 2. The van der Waals surface area contributed by atoms with Crippen LogP contribution in [0, 0.1) is 5.82 Å². The van der Waals surface area contributed by atoms with E-state index in [2.05, 4.69) is 15.6 Å². The Labute approximate surface area is 160 Å². The van der Waals surface area contributed by atoms with Gasteiger partial charge in [-0.3, -0.25) is 14.0 Å². The van der Waals surface area contributed by atoms with Gasteiger partial charge in [0.15, 0.2) is 5.69 Å². The molecule has 28 heavy (non-hydrogen) atoms. The molecule has 1 unspecified atom stereocenters. The maximum atomic E-state index is 13.1. The first-order valence-corrected chi connectivity index (χ1v) is 9.05. The van der Waals surface area contributed by atoms with Crippen LogP contribution in [0.25, 0.3) is 5.52 Å². The Hall–Kier alpha value is -3.26. The molecule has 0 aliphatic carbocycles. The van der Waals surface area contributed by atoms with Gasteiger partial charge in [0.25, 0.3) is 11.8 Å². The van der Waals surface area contributed by atoms with E-state index in [1.807, 2.05) is 0 Å². The van der Waals surface area contributed by atoms with Crippen LogP contribution in [0.1, 0.15) is 33.9 Å². The normalized spacial score (nSPS) is 16.2. The van der Waals surface area contributed by atoms with Crippen molar-refractivity contribution in [2.24, 2.45) is 0 Å². The fourth-order valence-electron chi connectivity index (χ4n) is 3.18. The van der Waals surface area contributed by atoms with Gasteiger partial charge in [0.1, 0.15) is 5.82 Å². The lowest BCUT2D eigenvalue weighted by Gasteiger charge is -2.10. The third kappa shape index (κ3) is 3.72. The van der Waals surface area contributed by atoms with Gasteiger partial charge < -0.3 is 15.4 Å². The second-order valence-electron chi connectivity index (χ2n) is 6.55. The van der Waals surface area contributed by atoms with Gasteiger partial charge >= 0.3 is 0 Å². The van der Waals surface area contributed by atoms with E-state index in [-0.39, 0.29) is 23.5 Å². The molecule has 1 aliphatic rings. The summed E-state index contributed by atoms with van der Waals surface area (Å²) in [7, 11) is 0. The molecule has 7 nitrogen and oxygen atoms in total. The van der Waals surface area contributed by atoms with Gasteiger partial charge in [0.05, 0.1) is 11.6 Å². The van der Waals surface area contributed by atoms with Gasteiger partial charge in [-0.1, -0.05) is 6.07 Å². The predicted octanol–water partition coefficient (Wildman–Crippen LogP) is 2.63. The van der Waals surface area contributed by atoms with Crippen LogP contribution in [-0.2, 0) is 4.74 Å². The molecule has 2 aromatic heterocycles. The van der Waals surface area contributed by atoms with Crippen molar-refractivity contribution in [2.75, 3.05) is 18.5 Å². The maximum Gasteiger partial charge on any atom is 0.287 e. The van der Waals surface area contributed by atoms with Gasteiger partial charge in [-0.05, 0) is 49.2 Å². The average molecular weight is 382 g/mol. The number of hydrogen-bond donors (Lipinski definition) is 2. The van der Waals surface area contributed by atoms with Gasteiger partial charge in [-0.2, -0.15) is 0 Å². The highest BCUT2D eigenvalue weighted by molar-refractivity contribution is 6.08. The van der Waals surface area contributed by atoms with E-state index in [9.17, 15) is 14.0 Å². The molecule has 8 heteroatoms. The van der Waals surface area contributed by atoms with Crippen molar-refractivity contribution in [3.63, 3.8) is 0 Å². The number of rotatable bonds is 5. The molecule has 2 N–H and O–H groups in total. The van der Waals surface area contributed by atoms with Gasteiger partial charge in [0, 0.05) is 25.0 Å². The minimum Gasteiger partial charge on any atom is -0.376 e. The summed E-state index contributed by atoms with van der Waals surface area (Å²) in [4.78, 5) is 29.6. The molecule has 0 saturated carbocycles. The molecule has 1 aliphatic heterocycles. The first kappa shape index (κ1) is 18.1. The van der Waals surface area contributed by atoms with Crippen molar-refractivity contribution >= 4 is 23.0 Å². The number of amides is 2. The van der Waals surface area contributed by atoms with Crippen LogP contribution < -0.4 is 10.6 Å². The van der Waals surface area contributed by atoms with Crippen LogP contribution >= 0.6 is 0 Å². The number of pyridine rings is 1. The first-order chi connectivity index (χ1) is 13.6. The summed E-state index contributed by atoms with van der Waals surface area (Å²) in [6.07, 6.45) is 3.59. The van der Waals surface area contributed by atoms with E-state index >= 15 is 0 Å². The number of hydrogen-bond acceptors (Lipinski definition) is 4. The number of nitrogens with one attached hydrogen (secondary N) is 2. The number of anilines is 1. The molecule has 1 atom stereocenters. The third-order valence-corrected chi connectivity index (χ3v) is 4.58. The van der Waals surface area contributed by atoms with Crippen molar-refractivity contribution in [3.05, 3.63) is 66.0 Å². The van der Waals surface area contributed by atoms with Crippen LogP contribution in [0.5, 0.6) is 0 Å². The Morgan fingerprint density at radius 2 is 2.00 bits per heavy atom. The Bertz CT molecular complexity index is 1010. The summed E-state index contributed by atoms with van der Waals surface area (Å²) in [5.41, 5.74) is 1.06. The molecule has 1 fully saturated rings. The van der Waals surface area contributed by atoms with Crippen LogP contribution in [-0.4, -0.2) is 40.5 Å². The highest BCUT2D eigenvalue weighted by atomic mass is 19.1. The highest BCUT2D eigenvalue weighted by Gasteiger charge is 2.23. The number of carbonyl (C=O) groups excluding carboxylic acids is 2. The summed E-state index contributed by atoms with van der Waals surface area (Å²) in [5.74, 6) is -1.13. The summed E-state index contributed by atoms with van der Waals surface area (Å²) in [5, 5.41) is 5.49. The van der Waals surface area contributed by atoms with E-state index in [1.165, 1.54) is 24.3 Å². The summed E-state index contributed by atoms with van der Waals surface area (Å²) >= 11 is 0. The van der Waals surface area contributed by atoms with Crippen molar-refractivity contribution in [1.82, 2.24) is 14.7 Å². The largest absolute Gasteiger partial charge is 0.376 e. The SMILES string of the molecule is O=C(Nc1ccc(F)cc1)c1nc(C(=O)NCC2CCCO2)n2ccccc12. The lowest BCUT2D eigenvalue weighted by molar-refractivity contribution is 0.0848. The molecular formula is C20H19FN4O3. The molecule has 4 rings (SSSR count). The van der Waals surface area contributed by atoms with Crippen LogP contribution in [0.2, 0.25) is 0 Å². The van der Waals surface area contributed by atoms with E-state index in [4.69, 9.17) is 4.74 Å². The molecule has 3 heterocycles. The zero-order valence-electron chi connectivity index (χ0n) is 15.0. The Balaban J connectivity index is 1.57. The average Bonchev–Trinajstić information content (AvgIpc) is 3.36. The van der Waals surface area contributed by atoms with Crippen LogP contribution in [0.3, 0.4) is 0 Å². The Kier molecular flexibility index (Phi) is 5.03. The minimum absolute atomic E-state index is 0.0106. The molecule has 1 aromatic carbocycles. The van der Waals surface area contributed by atoms with Gasteiger partial charge in [-0.25, -0.2) is 9.37 Å². The lowest BCUT2D eigenvalue weighted by Crippen LogP contribution is -2.33. The van der Waals surface area contributed by atoms with E-state index in [1.54, 1.807) is 28.8 Å². The number of aromatic nitrogens is 2. The van der Waals surface area contributed by atoms with E-state index < -0.39 is 11.7 Å². The fourth-order valence-corrected chi connectivity index (χ4v) is 3.18. The molecule has 3 aromatic rings. The summed E-state index contributed by atoms with van der Waals surface area (Å²) in [6.45, 7) is 1.11. The third-order valence-electron chi connectivity index (χ3n) is 4.58. The van der Waals surface area contributed by atoms with Crippen LogP contribution in [0.15, 0.2) is 48.7 Å². The number of fused-ring (bicyclic) bond motifs is 1. The second kappa shape index (κ2) is 7.77. The van der Waals surface area contributed by atoms with Gasteiger partial charge in [0.2, 0.25) is 5.82 Å². The van der Waals surface area contributed by atoms with Crippen molar-refractivity contribution in [2.45, 2.75) is 18.9 Å². The zero-order chi connectivity index (χ0) is 19.5. The smallest absolute Gasteiger partial charge is 0.287 e. The summed E-state index contributed by atoms with van der Waals surface area (Å²) in [6, 6.07) is 10.7. The highest BCUT2D eigenvalue weighted by Crippen LogP contribution is 2.17. The van der Waals surface area contributed by atoms with E-state index in [0.717, 1.165) is 12.8 Å². The zero-order valence-corrected chi connectivity index (χ0v) is 15.0. The lowest BCUT2D eigenvalue weighted by atomic mass is 10.2. The quantitative estimate of drug-likeness (QED) is 0.711. The van der Waals surface area contributed by atoms with Crippen molar-refractivity contribution in [1.29, 1.82) is 0 Å². The number of nitrogens with zero attached hydrogens (tertiary/aromatic N) is 2. The standard InChI is InChI=1S/C20H19FN4O3/c21-13-6-8-14(9-7-13)23-19(26)17-16-5-1-2-10-25(16)18(24-17)20(27)22-12-15-4-3-11-28-15/h1-2,5-10,15H,3-4,11-12H2,(H,22,27)(H,23,26). The number of benzene rings is 1. The molecule has 0 spiro atoms. The topological polar surface area (TPSA) is 84.7 Å². The van der Waals surface area contributed by atoms with Crippen LogP contribution in [0.4, 0.5) is 10.1 Å². The molecule has 1 saturated heterocycles. The van der Waals surface area contributed by atoms with E-state index in [0.29, 0.717) is 24.4 Å². The van der Waals surface area contributed by atoms with Gasteiger partial charge in [-0.15, -0.1) is 0 Å². The number of ether oxygens (including phenoxy) is 1. The molecule has 0 bridgehead atoms. The monoisotopic (exact) mass is 382 g/mol. The predicted molar refractivity (Wildman–Crippen MR) is 101 cm³/mol. The first-order valence-electron chi connectivity index (χ1n) is 9.05. The summed E-state index contributed by atoms with van der Waals surface area (Å²) < 4.78 is 20.1.